The van der Waals surface area contributed by atoms with Gasteiger partial charge < -0.3 is 16.2 Å². The molecule has 5 heteroatoms. The Labute approximate surface area is 111 Å². The van der Waals surface area contributed by atoms with Crippen LogP contribution in [-0.2, 0) is 0 Å². The molecule has 2 rings (SSSR count). The highest BCUT2D eigenvalue weighted by molar-refractivity contribution is 5.95. The van der Waals surface area contributed by atoms with E-state index in [2.05, 4.69) is 5.32 Å². The van der Waals surface area contributed by atoms with Crippen LogP contribution >= 0.6 is 0 Å². The molecule has 19 heavy (non-hydrogen) atoms. The minimum Gasteiger partial charge on any atom is -0.399 e. The van der Waals surface area contributed by atoms with Gasteiger partial charge in [-0.15, -0.1) is 0 Å². The normalized spacial score (nSPS) is 23.1. The number of rotatable bonds is 2. The number of aliphatic hydroxyl groups is 1. The second-order valence-corrected chi connectivity index (χ2v) is 5.13. The van der Waals surface area contributed by atoms with Gasteiger partial charge in [0.2, 0.25) is 0 Å². The highest BCUT2D eigenvalue weighted by Gasteiger charge is 2.26. The number of amides is 1. The van der Waals surface area contributed by atoms with Crippen molar-refractivity contribution >= 4 is 11.6 Å². The first-order valence-corrected chi connectivity index (χ1v) is 6.53. The standard InChI is InChI=1S/C14H19FN2O2/c1-8-6-9(16)7-10(13(8)15)14(19)17-11-4-2-3-5-12(11)18/h6-7,11-12,18H,2-5,16H2,1H3,(H,17,19)/t11-,12-/m1/s1. The summed E-state index contributed by atoms with van der Waals surface area (Å²) in [5.74, 6) is -1.07. The lowest BCUT2D eigenvalue weighted by molar-refractivity contribution is 0.0714. The van der Waals surface area contributed by atoms with Crippen LogP contribution in [0.5, 0.6) is 0 Å². The average molecular weight is 266 g/mol. The molecule has 1 aromatic rings. The predicted molar refractivity (Wildman–Crippen MR) is 71.3 cm³/mol. The summed E-state index contributed by atoms with van der Waals surface area (Å²) in [6, 6.07) is 2.51. The lowest BCUT2D eigenvalue weighted by Gasteiger charge is -2.28. The van der Waals surface area contributed by atoms with E-state index >= 15 is 0 Å². The van der Waals surface area contributed by atoms with Gasteiger partial charge in [0.25, 0.3) is 5.91 Å². The molecular formula is C14H19FN2O2. The first-order chi connectivity index (χ1) is 8.99. The number of nitrogens with two attached hydrogens (primary N) is 1. The summed E-state index contributed by atoms with van der Waals surface area (Å²) in [6.07, 6.45) is 2.75. The summed E-state index contributed by atoms with van der Waals surface area (Å²) in [5, 5.41) is 12.5. The Morgan fingerprint density at radius 3 is 2.79 bits per heavy atom. The summed E-state index contributed by atoms with van der Waals surface area (Å²) in [6.45, 7) is 1.57. The number of halogens is 1. The van der Waals surface area contributed by atoms with Gasteiger partial charge in [0.15, 0.2) is 0 Å². The molecule has 4 nitrogen and oxygen atoms in total. The van der Waals surface area contributed by atoms with Crippen molar-refractivity contribution in [2.24, 2.45) is 0 Å². The van der Waals surface area contributed by atoms with E-state index in [1.165, 1.54) is 12.1 Å². The molecule has 0 saturated heterocycles. The summed E-state index contributed by atoms with van der Waals surface area (Å²) in [4.78, 5) is 12.1. The molecule has 1 aromatic carbocycles. The molecule has 0 radical (unpaired) electrons. The largest absolute Gasteiger partial charge is 0.399 e. The maximum atomic E-state index is 13.9. The van der Waals surface area contributed by atoms with Crippen LogP contribution in [0, 0.1) is 12.7 Å². The number of hydrogen-bond donors (Lipinski definition) is 3. The fourth-order valence-corrected chi connectivity index (χ4v) is 2.49. The summed E-state index contributed by atoms with van der Waals surface area (Å²) in [7, 11) is 0. The zero-order chi connectivity index (χ0) is 14.0. The van der Waals surface area contributed by atoms with E-state index in [4.69, 9.17) is 5.73 Å². The van der Waals surface area contributed by atoms with Crippen molar-refractivity contribution < 1.29 is 14.3 Å². The van der Waals surface area contributed by atoms with Crippen molar-refractivity contribution in [1.82, 2.24) is 5.32 Å². The topological polar surface area (TPSA) is 75.4 Å². The van der Waals surface area contributed by atoms with E-state index in [9.17, 15) is 14.3 Å². The molecule has 1 saturated carbocycles. The van der Waals surface area contributed by atoms with Crippen LogP contribution in [0.1, 0.15) is 41.6 Å². The van der Waals surface area contributed by atoms with Gasteiger partial charge >= 0.3 is 0 Å². The van der Waals surface area contributed by atoms with Crippen molar-refractivity contribution in [3.05, 3.63) is 29.1 Å². The molecular weight excluding hydrogens is 247 g/mol. The van der Waals surface area contributed by atoms with Crippen LogP contribution in [0.15, 0.2) is 12.1 Å². The first-order valence-electron chi connectivity index (χ1n) is 6.53. The molecule has 1 aliphatic carbocycles. The average Bonchev–Trinajstić information content (AvgIpc) is 2.36. The molecule has 0 aliphatic heterocycles. The van der Waals surface area contributed by atoms with Gasteiger partial charge in [0.05, 0.1) is 17.7 Å². The molecule has 4 N–H and O–H groups in total. The van der Waals surface area contributed by atoms with E-state index in [0.717, 1.165) is 19.3 Å². The number of benzene rings is 1. The maximum absolute atomic E-state index is 13.9. The third-order valence-electron chi connectivity index (χ3n) is 3.57. The van der Waals surface area contributed by atoms with Gasteiger partial charge in [0.1, 0.15) is 5.82 Å². The number of nitrogen functional groups attached to an aromatic ring is 1. The molecule has 2 atom stereocenters. The van der Waals surface area contributed by atoms with Crippen LogP contribution in [0.3, 0.4) is 0 Å². The number of nitrogens with one attached hydrogen (secondary N) is 1. The van der Waals surface area contributed by atoms with E-state index in [-0.39, 0.29) is 11.6 Å². The molecule has 1 fully saturated rings. The van der Waals surface area contributed by atoms with E-state index in [1.54, 1.807) is 6.92 Å². The predicted octanol–water partition coefficient (Wildman–Crippen LogP) is 1.75. The number of anilines is 1. The first kappa shape index (κ1) is 13.8. The van der Waals surface area contributed by atoms with Gasteiger partial charge in [-0.2, -0.15) is 0 Å². The summed E-state index contributed by atoms with van der Waals surface area (Å²) >= 11 is 0. The van der Waals surface area contributed by atoms with Crippen LogP contribution in [0.25, 0.3) is 0 Å². The van der Waals surface area contributed by atoms with Crippen LogP contribution in [0.4, 0.5) is 10.1 Å². The number of aryl methyl sites for hydroxylation is 1. The molecule has 0 spiro atoms. The maximum Gasteiger partial charge on any atom is 0.254 e. The summed E-state index contributed by atoms with van der Waals surface area (Å²) in [5.41, 5.74) is 6.27. The molecule has 104 valence electrons. The summed E-state index contributed by atoms with van der Waals surface area (Å²) < 4.78 is 13.9. The SMILES string of the molecule is Cc1cc(N)cc(C(=O)N[C@@H]2CCCC[C@H]2O)c1F. The Morgan fingerprint density at radius 1 is 1.42 bits per heavy atom. The molecule has 0 bridgehead atoms. The minimum absolute atomic E-state index is 0.0599. The smallest absolute Gasteiger partial charge is 0.254 e. The fraction of sp³-hybridized carbons (Fsp3) is 0.500. The molecule has 1 aliphatic rings. The molecule has 0 heterocycles. The highest BCUT2D eigenvalue weighted by Crippen LogP contribution is 2.21. The number of carbonyl (C=O) groups excluding carboxylic acids is 1. The number of carbonyl (C=O) groups is 1. The van der Waals surface area contributed by atoms with Gasteiger partial charge in [0, 0.05) is 5.69 Å². The third-order valence-corrected chi connectivity index (χ3v) is 3.57. The zero-order valence-corrected chi connectivity index (χ0v) is 10.9. The van der Waals surface area contributed by atoms with E-state index < -0.39 is 17.8 Å². The van der Waals surface area contributed by atoms with Crippen LogP contribution in [0.2, 0.25) is 0 Å². The van der Waals surface area contributed by atoms with Gasteiger partial charge in [-0.25, -0.2) is 4.39 Å². The minimum atomic E-state index is -0.558. The molecule has 1 amide bonds. The van der Waals surface area contributed by atoms with Crippen LogP contribution in [-0.4, -0.2) is 23.2 Å². The molecule has 0 unspecified atom stereocenters. The van der Waals surface area contributed by atoms with E-state index in [1.807, 2.05) is 0 Å². The quantitative estimate of drug-likeness (QED) is 0.714. The third kappa shape index (κ3) is 3.04. The van der Waals surface area contributed by atoms with Crippen LogP contribution < -0.4 is 11.1 Å². The number of hydrogen-bond acceptors (Lipinski definition) is 3. The van der Waals surface area contributed by atoms with Crippen molar-refractivity contribution in [2.45, 2.75) is 44.8 Å². The lowest BCUT2D eigenvalue weighted by Crippen LogP contribution is -2.45. The Bertz CT molecular complexity index is 491. The Kier molecular flexibility index (Phi) is 4.04. The monoisotopic (exact) mass is 266 g/mol. The highest BCUT2D eigenvalue weighted by atomic mass is 19.1. The second-order valence-electron chi connectivity index (χ2n) is 5.13. The lowest BCUT2D eigenvalue weighted by atomic mass is 9.92. The van der Waals surface area contributed by atoms with Gasteiger partial charge in [-0.1, -0.05) is 12.8 Å². The Morgan fingerprint density at radius 2 is 2.11 bits per heavy atom. The van der Waals surface area contributed by atoms with Gasteiger partial charge in [-0.3, -0.25) is 4.79 Å². The second kappa shape index (κ2) is 5.57. The Balaban J connectivity index is 2.15. The zero-order valence-electron chi connectivity index (χ0n) is 10.9. The van der Waals surface area contributed by atoms with Gasteiger partial charge in [-0.05, 0) is 37.5 Å². The van der Waals surface area contributed by atoms with Crippen molar-refractivity contribution in [3.8, 4) is 0 Å². The fourth-order valence-electron chi connectivity index (χ4n) is 2.49. The Hall–Kier alpha value is -1.62. The number of aliphatic hydroxyl groups excluding tert-OH is 1. The van der Waals surface area contributed by atoms with E-state index in [0.29, 0.717) is 17.7 Å². The van der Waals surface area contributed by atoms with Crippen molar-refractivity contribution in [1.29, 1.82) is 0 Å². The van der Waals surface area contributed by atoms with Crippen molar-refractivity contribution in [3.63, 3.8) is 0 Å². The van der Waals surface area contributed by atoms with Crippen molar-refractivity contribution in [2.75, 3.05) is 5.73 Å². The molecule has 0 aromatic heterocycles.